The molecule has 2 aliphatic rings. The Morgan fingerprint density at radius 1 is 1.14 bits per heavy atom. The number of benzene rings is 1. The van der Waals surface area contributed by atoms with E-state index in [9.17, 15) is 22.8 Å². The second-order valence-corrected chi connectivity index (χ2v) is 9.82. The van der Waals surface area contributed by atoms with E-state index >= 15 is 0 Å². The number of carbonyl (C=O) groups excluding carboxylic acids is 1. The van der Waals surface area contributed by atoms with Gasteiger partial charge in [0.1, 0.15) is 16.9 Å². The van der Waals surface area contributed by atoms with E-state index < -0.39 is 23.6 Å². The molecule has 1 aliphatic carbocycles. The van der Waals surface area contributed by atoms with Gasteiger partial charge in [0.05, 0.1) is 11.3 Å². The van der Waals surface area contributed by atoms with Crippen molar-refractivity contribution in [1.82, 2.24) is 24.3 Å². The lowest BCUT2D eigenvalue weighted by atomic mass is 9.72. The molecule has 1 amide bonds. The zero-order valence-electron chi connectivity index (χ0n) is 19.3. The highest BCUT2D eigenvalue weighted by atomic mass is 35.5. The maximum absolute atomic E-state index is 13.5. The Morgan fingerprint density at radius 3 is 2.59 bits per heavy atom. The number of nitrogens with zero attached hydrogens (tertiary/aromatic N) is 4. The first-order valence-electron chi connectivity index (χ1n) is 11.8. The van der Waals surface area contributed by atoms with Gasteiger partial charge in [-0.15, -0.1) is 0 Å². The second kappa shape index (κ2) is 8.41. The summed E-state index contributed by atoms with van der Waals surface area (Å²) in [6.07, 6.45) is 0.992. The second-order valence-electron chi connectivity index (χ2n) is 9.38. The minimum atomic E-state index is -4.27. The van der Waals surface area contributed by atoms with Crippen molar-refractivity contribution in [2.75, 3.05) is 5.32 Å². The Balaban J connectivity index is 1.44. The van der Waals surface area contributed by atoms with Crippen LogP contribution in [0.4, 0.5) is 19.0 Å². The Hall–Kier alpha value is -3.73. The van der Waals surface area contributed by atoms with E-state index in [0.29, 0.717) is 21.9 Å². The zero-order chi connectivity index (χ0) is 25.9. The number of fused-ring (bicyclic) bond motifs is 2. The molecule has 0 radical (unpaired) electrons. The van der Waals surface area contributed by atoms with Crippen molar-refractivity contribution >= 4 is 29.0 Å². The van der Waals surface area contributed by atoms with Crippen LogP contribution in [0.2, 0.25) is 5.02 Å². The first kappa shape index (κ1) is 23.7. The number of carbonyl (C=O) groups is 1. The average Bonchev–Trinajstić information content (AvgIpc) is 3.49. The highest BCUT2D eigenvalue weighted by Gasteiger charge is 2.59. The number of imidazole rings is 1. The number of hydrogen-bond acceptors (Lipinski definition) is 5. The Bertz CT molecular complexity index is 1590. The quantitative estimate of drug-likeness (QED) is 0.378. The lowest BCUT2D eigenvalue weighted by molar-refractivity contribution is -0.135. The lowest BCUT2D eigenvalue weighted by Crippen LogP contribution is -2.41. The van der Waals surface area contributed by atoms with Crippen LogP contribution in [0.1, 0.15) is 42.5 Å². The van der Waals surface area contributed by atoms with Crippen LogP contribution in [0, 0.1) is 5.92 Å². The normalized spacial score (nSPS) is 19.3. The van der Waals surface area contributed by atoms with Crippen LogP contribution in [-0.4, -0.2) is 36.4 Å². The van der Waals surface area contributed by atoms with Crippen molar-refractivity contribution in [3.05, 3.63) is 75.1 Å². The largest absolute Gasteiger partial charge is 0.389 e. The highest BCUT2D eigenvalue weighted by molar-refractivity contribution is 6.30. The molecule has 12 heteroatoms. The summed E-state index contributed by atoms with van der Waals surface area (Å²) in [6.45, 7) is 0. The number of rotatable bonds is 6. The molecule has 1 unspecified atom stereocenters. The number of alkyl halides is 3. The van der Waals surface area contributed by atoms with Crippen LogP contribution in [0.5, 0.6) is 0 Å². The molecule has 0 saturated heterocycles. The fourth-order valence-corrected chi connectivity index (χ4v) is 5.36. The summed E-state index contributed by atoms with van der Waals surface area (Å²) in [6, 6.07) is 6.88. The van der Waals surface area contributed by atoms with Crippen molar-refractivity contribution in [2.24, 2.45) is 5.92 Å². The lowest BCUT2D eigenvalue weighted by Gasteiger charge is -2.27. The topological polar surface area (TPSA) is 105 Å². The zero-order valence-corrected chi connectivity index (χ0v) is 20.0. The summed E-state index contributed by atoms with van der Waals surface area (Å²) in [5.74, 6) is -0.131. The van der Waals surface area contributed by atoms with Crippen molar-refractivity contribution in [3.63, 3.8) is 0 Å². The van der Waals surface area contributed by atoms with Crippen LogP contribution >= 0.6 is 11.6 Å². The summed E-state index contributed by atoms with van der Waals surface area (Å²) < 4.78 is 39.7. The van der Waals surface area contributed by atoms with Gasteiger partial charge in [0.15, 0.2) is 11.5 Å². The SMILES string of the molecule is O=C1Nc2nc(-c3cn4ccnc4c(CCCC(F)(F)F)n3)[nH]c(=O)c2C1(c1ccc(Cl)cc1)C1CC1. The minimum absolute atomic E-state index is 0.0428. The van der Waals surface area contributed by atoms with E-state index in [4.69, 9.17) is 11.6 Å². The van der Waals surface area contributed by atoms with Gasteiger partial charge in [-0.2, -0.15) is 13.2 Å². The summed E-state index contributed by atoms with van der Waals surface area (Å²) in [7, 11) is 0. The number of H-pyrrole nitrogens is 1. The Kier molecular flexibility index (Phi) is 5.37. The molecular weight excluding hydrogens is 509 g/mol. The number of amides is 1. The third-order valence-corrected chi connectivity index (χ3v) is 7.21. The first-order chi connectivity index (χ1) is 17.7. The predicted molar refractivity (Wildman–Crippen MR) is 129 cm³/mol. The number of hydrogen-bond donors (Lipinski definition) is 2. The van der Waals surface area contributed by atoms with E-state index in [2.05, 4.69) is 25.3 Å². The number of halogens is 4. The molecule has 1 fully saturated rings. The van der Waals surface area contributed by atoms with Crippen molar-refractivity contribution in [1.29, 1.82) is 0 Å². The smallest absolute Gasteiger partial charge is 0.309 e. The summed E-state index contributed by atoms with van der Waals surface area (Å²) in [5.41, 5.74) is 0.290. The van der Waals surface area contributed by atoms with Gasteiger partial charge >= 0.3 is 6.18 Å². The van der Waals surface area contributed by atoms with Gasteiger partial charge in [-0.25, -0.2) is 15.0 Å². The number of aromatic nitrogens is 5. The van der Waals surface area contributed by atoms with Gasteiger partial charge in [-0.05, 0) is 49.3 Å². The molecule has 6 rings (SSSR count). The molecule has 2 N–H and O–H groups in total. The predicted octanol–water partition coefficient (Wildman–Crippen LogP) is 4.67. The molecule has 3 aromatic heterocycles. The molecule has 0 spiro atoms. The van der Waals surface area contributed by atoms with Crippen LogP contribution in [0.15, 0.2) is 47.7 Å². The standard InChI is InChI=1S/C25H20ClF3N6O2/c26-15-7-5-14(6-8-15)25(13-3-4-13)18-20(34-23(25)37)32-19(33-22(18)36)17-12-35-11-10-30-21(35)16(31-17)2-1-9-24(27,28)29/h5-8,10-13H,1-4,9H2,(H2,32,33,34,36,37). The maximum Gasteiger partial charge on any atom is 0.389 e. The van der Waals surface area contributed by atoms with Crippen LogP contribution in [-0.2, 0) is 16.6 Å². The van der Waals surface area contributed by atoms with Gasteiger partial charge in [-0.3, -0.25) is 9.59 Å². The monoisotopic (exact) mass is 528 g/mol. The van der Waals surface area contributed by atoms with E-state index in [0.717, 1.165) is 12.8 Å². The van der Waals surface area contributed by atoms with Crippen molar-refractivity contribution in [3.8, 4) is 11.5 Å². The molecule has 1 saturated carbocycles. The molecule has 190 valence electrons. The Labute approximate surface area is 212 Å². The molecule has 1 aliphatic heterocycles. The highest BCUT2D eigenvalue weighted by Crippen LogP contribution is 2.55. The first-order valence-corrected chi connectivity index (χ1v) is 12.2. The molecule has 8 nitrogen and oxygen atoms in total. The third-order valence-electron chi connectivity index (χ3n) is 6.95. The minimum Gasteiger partial charge on any atom is -0.309 e. The average molecular weight is 529 g/mol. The third kappa shape index (κ3) is 3.97. The number of nitrogens with one attached hydrogen (secondary N) is 2. The van der Waals surface area contributed by atoms with Crippen LogP contribution in [0.3, 0.4) is 0 Å². The van der Waals surface area contributed by atoms with Gasteiger partial charge < -0.3 is 14.7 Å². The van der Waals surface area contributed by atoms with E-state index in [1.54, 1.807) is 41.1 Å². The van der Waals surface area contributed by atoms with Gasteiger partial charge in [0, 0.05) is 30.0 Å². The van der Waals surface area contributed by atoms with Crippen LogP contribution < -0.4 is 10.9 Å². The summed E-state index contributed by atoms with van der Waals surface area (Å²) >= 11 is 6.07. The fraction of sp³-hybridized carbons (Fsp3) is 0.320. The van der Waals surface area contributed by atoms with Crippen LogP contribution in [0.25, 0.3) is 17.2 Å². The number of aryl methyl sites for hydroxylation is 1. The molecule has 0 bridgehead atoms. The number of anilines is 1. The molecular formula is C25H20ClF3N6O2. The van der Waals surface area contributed by atoms with Gasteiger partial charge in [0.2, 0.25) is 5.91 Å². The molecule has 4 aromatic rings. The molecule has 4 heterocycles. The molecule has 37 heavy (non-hydrogen) atoms. The summed E-state index contributed by atoms with van der Waals surface area (Å²) in [4.78, 5) is 43.0. The Morgan fingerprint density at radius 2 is 1.89 bits per heavy atom. The van der Waals surface area contributed by atoms with E-state index in [1.807, 2.05) is 0 Å². The van der Waals surface area contributed by atoms with Crippen molar-refractivity contribution in [2.45, 2.75) is 43.7 Å². The summed E-state index contributed by atoms with van der Waals surface area (Å²) in [5, 5.41) is 3.31. The van der Waals surface area contributed by atoms with Gasteiger partial charge in [0.25, 0.3) is 5.56 Å². The van der Waals surface area contributed by atoms with E-state index in [-0.39, 0.29) is 47.6 Å². The maximum atomic E-state index is 13.5. The molecule has 1 atom stereocenters. The number of aromatic amines is 1. The van der Waals surface area contributed by atoms with E-state index in [1.165, 1.54) is 6.20 Å². The van der Waals surface area contributed by atoms with Gasteiger partial charge in [-0.1, -0.05) is 23.7 Å². The fourth-order valence-electron chi connectivity index (χ4n) is 5.24. The molecule has 1 aromatic carbocycles. The van der Waals surface area contributed by atoms with Crippen molar-refractivity contribution < 1.29 is 18.0 Å².